The van der Waals surface area contributed by atoms with E-state index in [1.807, 2.05) is 18.2 Å². The van der Waals surface area contributed by atoms with E-state index in [9.17, 15) is 0 Å². The van der Waals surface area contributed by atoms with Gasteiger partial charge in [-0.05, 0) is 30.5 Å². The summed E-state index contributed by atoms with van der Waals surface area (Å²) < 4.78 is 10.9. The molecule has 0 bridgehead atoms. The molecule has 4 heteroatoms. The number of benzene rings is 1. The summed E-state index contributed by atoms with van der Waals surface area (Å²) in [6, 6.07) is 5.66. The first-order valence-electron chi connectivity index (χ1n) is 6.09. The lowest BCUT2D eigenvalue weighted by Gasteiger charge is -2.11. The van der Waals surface area contributed by atoms with Gasteiger partial charge in [0.05, 0.1) is 13.7 Å². The summed E-state index contributed by atoms with van der Waals surface area (Å²) in [6.45, 7) is 5.62. The van der Waals surface area contributed by atoms with Crippen LogP contribution in [-0.4, -0.2) is 18.7 Å². The molecule has 2 N–H and O–H groups in total. The molecule has 0 aliphatic carbocycles. The van der Waals surface area contributed by atoms with Crippen LogP contribution in [0, 0.1) is 5.92 Å². The number of rotatable bonds is 7. The molecule has 100 valence electrons. The number of hydrogen-bond donors (Lipinski definition) is 1. The normalized spacial score (nSPS) is 10.7. The van der Waals surface area contributed by atoms with Gasteiger partial charge in [-0.2, -0.15) is 0 Å². The van der Waals surface area contributed by atoms with Crippen molar-refractivity contribution in [1.29, 1.82) is 0 Å². The van der Waals surface area contributed by atoms with Gasteiger partial charge < -0.3 is 15.2 Å². The molecule has 0 radical (unpaired) electrons. The molecule has 0 unspecified atom stereocenters. The zero-order valence-corrected chi connectivity index (χ0v) is 12.0. The van der Waals surface area contributed by atoms with Crippen LogP contribution in [-0.2, 0) is 11.3 Å². The summed E-state index contributed by atoms with van der Waals surface area (Å²) >= 11 is 4.97. The predicted molar refractivity (Wildman–Crippen MR) is 78.0 cm³/mol. The van der Waals surface area contributed by atoms with Gasteiger partial charge in [-0.1, -0.05) is 26.1 Å². The van der Waals surface area contributed by atoms with E-state index in [2.05, 4.69) is 13.8 Å². The van der Waals surface area contributed by atoms with Crippen LogP contribution in [0.15, 0.2) is 18.2 Å². The van der Waals surface area contributed by atoms with Crippen LogP contribution in [0.25, 0.3) is 0 Å². The van der Waals surface area contributed by atoms with E-state index in [1.165, 1.54) is 0 Å². The molecule has 0 atom stereocenters. The van der Waals surface area contributed by atoms with Gasteiger partial charge >= 0.3 is 0 Å². The molecular weight excluding hydrogens is 246 g/mol. The average Bonchev–Trinajstić information content (AvgIpc) is 2.34. The zero-order valence-electron chi connectivity index (χ0n) is 11.2. The van der Waals surface area contributed by atoms with Crippen LogP contribution >= 0.6 is 12.2 Å². The van der Waals surface area contributed by atoms with Gasteiger partial charge in [0.25, 0.3) is 0 Å². The van der Waals surface area contributed by atoms with Crippen LogP contribution in [0.2, 0.25) is 0 Å². The summed E-state index contributed by atoms with van der Waals surface area (Å²) in [4.78, 5) is 0.390. The van der Waals surface area contributed by atoms with E-state index in [0.29, 0.717) is 17.5 Å². The molecule has 0 saturated carbocycles. The Morgan fingerprint density at radius 2 is 2.11 bits per heavy atom. The highest BCUT2D eigenvalue weighted by Gasteiger charge is 2.06. The summed E-state index contributed by atoms with van der Waals surface area (Å²) in [5.74, 6) is 1.45. The topological polar surface area (TPSA) is 44.5 Å². The smallest absolute Gasteiger partial charge is 0.124 e. The van der Waals surface area contributed by atoms with Gasteiger partial charge in [0.15, 0.2) is 0 Å². The van der Waals surface area contributed by atoms with Crippen molar-refractivity contribution in [1.82, 2.24) is 0 Å². The third-order valence-corrected chi connectivity index (χ3v) is 2.90. The Balaban J connectivity index is 2.66. The van der Waals surface area contributed by atoms with Crippen molar-refractivity contribution in [3.8, 4) is 5.75 Å². The number of nitrogens with two attached hydrogens (primary N) is 1. The monoisotopic (exact) mass is 267 g/mol. The highest BCUT2D eigenvalue weighted by molar-refractivity contribution is 7.80. The lowest BCUT2D eigenvalue weighted by Crippen LogP contribution is -2.10. The Bertz CT molecular complexity index is 405. The minimum absolute atomic E-state index is 0.390. The van der Waals surface area contributed by atoms with Crippen LogP contribution in [0.5, 0.6) is 5.75 Å². The summed E-state index contributed by atoms with van der Waals surface area (Å²) in [6.07, 6.45) is 1.05. The molecule has 0 heterocycles. The first-order chi connectivity index (χ1) is 8.54. The molecule has 1 aromatic rings. The first-order valence-corrected chi connectivity index (χ1v) is 6.50. The molecule has 0 saturated heterocycles. The minimum atomic E-state index is 0.390. The maximum atomic E-state index is 5.64. The molecule has 0 aliphatic rings. The maximum absolute atomic E-state index is 5.64. The van der Waals surface area contributed by atoms with Gasteiger partial charge in [-0.25, -0.2) is 0 Å². The Hall–Kier alpha value is -1.13. The Kier molecular flexibility index (Phi) is 6.09. The standard InChI is InChI=1S/C14H21NO2S/c1-10(2)6-7-17-9-12-8-11(14(15)18)4-5-13(12)16-3/h4-5,8,10H,6-7,9H2,1-3H3,(H2,15,18). The first kappa shape index (κ1) is 14.9. The number of methoxy groups -OCH3 is 1. The average molecular weight is 267 g/mol. The second kappa shape index (κ2) is 7.34. The minimum Gasteiger partial charge on any atom is -0.496 e. The number of ether oxygens (including phenoxy) is 2. The molecule has 0 spiro atoms. The van der Waals surface area contributed by atoms with Gasteiger partial charge in [0, 0.05) is 17.7 Å². The van der Waals surface area contributed by atoms with Gasteiger partial charge in [0.2, 0.25) is 0 Å². The summed E-state index contributed by atoms with van der Waals surface area (Å²) in [5.41, 5.74) is 7.44. The predicted octanol–water partition coefficient (Wildman–Crippen LogP) is 2.89. The Labute approximate surface area is 114 Å². The fourth-order valence-corrected chi connectivity index (χ4v) is 1.67. The molecule has 3 nitrogen and oxygen atoms in total. The van der Waals surface area contributed by atoms with Gasteiger partial charge in [0.1, 0.15) is 10.7 Å². The van der Waals surface area contributed by atoms with E-state index >= 15 is 0 Å². The van der Waals surface area contributed by atoms with Crippen molar-refractivity contribution < 1.29 is 9.47 Å². The van der Waals surface area contributed by atoms with E-state index in [1.54, 1.807) is 7.11 Å². The van der Waals surface area contributed by atoms with Crippen molar-refractivity contribution in [2.24, 2.45) is 11.7 Å². The molecule has 1 rings (SSSR count). The molecule has 18 heavy (non-hydrogen) atoms. The second-order valence-corrected chi connectivity index (χ2v) is 5.07. The molecule has 0 aliphatic heterocycles. The van der Waals surface area contributed by atoms with Crippen LogP contribution in [0.3, 0.4) is 0 Å². The molecule has 0 aromatic heterocycles. The van der Waals surface area contributed by atoms with Crippen LogP contribution < -0.4 is 10.5 Å². The second-order valence-electron chi connectivity index (χ2n) is 4.63. The highest BCUT2D eigenvalue weighted by atomic mass is 32.1. The number of hydrogen-bond acceptors (Lipinski definition) is 3. The van der Waals surface area contributed by atoms with E-state index in [0.717, 1.165) is 29.9 Å². The Morgan fingerprint density at radius 3 is 2.67 bits per heavy atom. The highest BCUT2D eigenvalue weighted by Crippen LogP contribution is 2.21. The molecule has 0 amide bonds. The van der Waals surface area contributed by atoms with Crippen molar-refractivity contribution in [3.05, 3.63) is 29.3 Å². The Morgan fingerprint density at radius 1 is 1.39 bits per heavy atom. The SMILES string of the molecule is COc1ccc(C(N)=S)cc1COCCC(C)C. The zero-order chi connectivity index (χ0) is 13.5. The lowest BCUT2D eigenvalue weighted by atomic mass is 10.1. The molecular formula is C14H21NO2S. The third-order valence-electron chi connectivity index (χ3n) is 2.66. The van der Waals surface area contributed by atoms with Gasteiger partial charge in [-0.3, -0.25) is 0 Å². The van der Waals surface area contributed by atoms with Crippen molar-refractivity contribution in [2.75, 3.05) is 13.7 Å². The van der Waals surface area contributed by atoms with Crippen LogP contribution in [0.4, 0.5) is 0 Å². The largest absolute Gasteiger partial charge is 0.496 e. The maximum Gasteiger partial charge on any atom is 0.124 e. The lowest BCUT2D eigenvalue weighted by molar-refractivity contribution is 0.109. The van der Waals surface area contributed by atoms with Crippen molar-refractivity contribution in [3.63, 3.8) is 0 Å². The third kappa shape index (κ3) is 4.63. The van der Waals surface area contributed by atoms with E-state index in [4.69, 9.17) is 27.4 Å². The molecule has 0 fully saturated rings. The fraction of sp³-hybridized carbons (Fsp3) is 0.500. The van der Waals surface area contributed by atoms with Crippen molar-refractivity contribution in [2.45, 2.75) is 26.9 Å². The van der Waals surface area contributed by atoms with E-state index < -0.39 is 0 Å². The molecule has 1 aromatic carbocycles. The van der Waals surface area contributed by atoms with Crippen LogP contribution in [0.1, 0.15) is 31.4 Å². The van der Waals surface area contributed by atoms with E-state index in [-0.39, 0.29) is 0 Å². The number of thiocarbonyl (C=S) groups is 1. The van der Waals surface area contributed by atoms with Gasteiger partial charge in [-0.15, -0.1) is 0 Å². The fourth-order valence-electron chi connectivity index (χ4n) is 1.55. The van der Waals surface area contributed by atoms with Crippen molar-refractivity contribution >= 4 is 17.2 Å². The summed E-state index contributed by atoms with van der Waals surface area (Å²) in [7, 11) is 1.65. The summed E-state index contributed by atoms with van der Waals surface area (Å²) in [5, 5.41) is 0. The quantitative estimate of drug-likeness (QED) is 0.609.